The van der Waals surface area contributed by atoms with E-state index in [1.165, 1.54) is 0 Å². The fourth-order valence-corrected chi connectivity index (χ4v) is 3.58. The number of anilines is 1. The van der Waals surface area contributed by atoms with Crippen molar-refractivity contribution in [2.45, 2.75) is 13.5 Å². The maximum absolute atomic E-state index is 11.1. The van der Waals surface area contributed by atoms with Crippen LogP contribution in [0.1, 0.15) is 21.7 Å². The number of aromatic nitrogens is 3. The number of aromatic carboxylic acids is 1. The Bertz CT molecular complexity index is 900. The Morgan fingerprint density at radius 3 is 2.74 bits per heavy atom. The van der Waals surface area contributed by atoms with Crippen LogP contribution in [0, 0.1) is 6.92 Å². The highest BCUT2D eigenvalue weighted by atomic mass is 35.5. The first-order valence-corrected chi connectivity index (χ1v) is 8.08. The molecule has 0 fully saturated rings. The normalized spacial score (nSPS) is 11.1. The number of carboxylic acid groups (broad SMARTS) is 1. The zero-order chi connectivity index (χ0) is 16.7. The van der Waals surface area contributed by atoms with Crippen LogP contribution < -0.4 is 4.90 Å². The number of halogens is 1. The van der Waals surface area contributed by atoms with E-state index in [1.54, 1.807) is 22.1 Å². The monoisotopic (exact) mass is 350 g/mol. The number of aryl methyl sites for hydroxylation is 1. The summed E-state index contributed by atoms with van der Waals surface area (Å²) in [7, 11) is 3.88. The zero-order valence-corrected chi connectivity index (χ0v) is 14.4. The third-order valence-corrected chi connectivity index (χ3v) is 4.82. The third kappa shape index (κ3) is 3.02. The third-order valence-electron chi connectivity index (χ3n) is 3.43. The van der Waals surface area contributed by atoms with Gasteiger partial charge in [-0.1, -0.05) is 22.9 Å². The first-order valence-electron chi connectivity index (χ1n) is 6.89. The highest BCUT2D eigenvalue weighted by Gasteiger charge is 2.15. The number of fused-ring (bicyclic) bond motifs is 1. The van der Waals surface area contributed by atoms with Crippen LogP contribution in [0.25, 0.3) is 10.2 Å². The van der Waals surface area contributed by atoms with Crippen molar-refractivity contribution in [1.82, 2.24) is 14.8 Å². The van der Waals surface area contributed by atoms with Gasteiger partial charge >= 0.3 is 5.97 Å². The molecule has 0 aliphatic carbocycles. The molecule has 0 saturated heterocycles. The second-order valence-corrected chi connectivity index (χ2v) is 6.88. The van der Waals surface area contributed by atoms with Crippen LogP contribution in [0.15, 0.2) is 18.2 Å². The van der Waals surface area contributed by atoms with Gasteiger partial charge in [0.15, 0.2) is 10.8 Å². The Kier molecular flexibility index (Phi) is 3.99. The van der Waals surface area contributed by atoms with Gasteiger partial charge in [0.2, 0.25) is 0 Å². The minimum atomic E-state index is -1.04. The number of hydrogen-bond acceptors (Lipinski definition) is 5. The maximum atomic E-state index is 11.1. The van der Waals surface area contributed by atoms with Gasteiger partial charge in [0, 0.05) is 30.4 Å². The molecular formula is C15H15ClN4O2S. The largest absolute Gasteiger partial charge is 0.476 e. The van der Waals surface area contributed by atoms with Crippen molar-refractivity contribution in [1.29, 1.82) is 0 Å². The summed E-state index contributed by atoms with van der Waals surface area (Å²) in [5, 5.41) is 14.7. The topological polar surface area (TPSA) is 71.2 Å². The molecule has 0 saturated carbocycles. The minimum absolute atomic E-state index is 0.0352. The number of carboxylic acids is 1. The van der Waals surface area contributed by atoms with Crippen LogP contribution in [-0.4, -0.2) is 39.9 Å². The summed E-state index contributed by atoms with van der Waals surface area (Å²) < 4.78 is 2.66. The first kappa shape index (κ1) is 15.8. The van der Waals surface area contributed by atoms with Crippen LogP contribution in [-0.2, 0) is 6.54 Å². The molecule has 6 nitrogen and oxygen atoms in total. The summed E-state index contributed by atoms with van der Waals surface area (Å²) in [5.74, 6) is -1.04. The summed E-state index contributed by atoms with van der Waals surface area (Å²) >= 11 is 7.78. The molecule has 0 aliphatic heterocycles. The number of rotatable bonds is 4. The minimum Gasteiger partial charge on any atom is -0.476 e. The fraction of sp³-hybridized carbons (Fsp3) is 0.267. The Labute approximate surface area is 141 Å². The van der Waals surface area contributed by atoms with Gasteiger partial charge in [-0.25, -0.2) is 9.78 Å². The Morgan fingerprint density at radius 2 is 2.13 bits per heavy atom. The van der Waals surface area contributed by atoms with E-state index in [9.17, 15) is 4.79 Å². The number of thiazole rings is 1. The second kappa shape index (κ2) is 5.82. The lowest BCUT2D eigenvalue weighted by atomic mass is 10.2. The molecule has 2 heterocycles. The van der Waals surface area contributed by atoms with Crippen LogP contribution in [0.3, 0.4) is 0 Å². The van der Waals surface area contributed by atoms with E-state index >= 15 is 0 Å². The van der Waals surface area contributed by atoms with Gasteiger partial charge in [0.25, 0.3) is 0 Å². The zero-order valence-electron chi connectivity index (χ0n) is 12.9. The number of carbonyl (C=O) groups is 1. The van der Waals surface area contributed by atoms with E-state index in [2.05, 4.69) is 10.1 Å². The molecule has 0 unspecified atom stereocenters. The second-order valence-electron chi connectivity index (χ2n) is 5.44. The number of nitrogens with zero attached hydrogens (tertiary/aromatic N) is 4. The molecule has 0 amide bonds. The molecule has 2 aromatic heterocycles. The van der Waals surface area contributed by atoms with Crippen molar-refractivity contribution in [2.24, 2.45) is 0 Å². The molecule has 1 aromatic carbocycles. The van der Waals surface area contributed by atoms with Gasteiger partial charge in [0.1, 0.15) is 0 Å². The molecule has 0 bridgehead atoms. The quantitative estimate of drug-likeness (QED) is 0.782. The molecule has 0 spiro atoms. The van der Waals surface area contributed by atoms with Crippen molar-refractivity contribution >= 4 is 44.3 Å². The summed E-state index contributed by atoms with van der Waals surface area (Å²) in [6, 6.07) is 5.30. The van der Waals surface area contributed by atoms with Gasteiger partial charge in [0.05, 0.1) is 16.8 Å². The molecule has 3 rings (SSSR count). The number of hydrogen-bond donors (Lipinski definition) is 1. The van der Waals surface area contributed by atoms with E-state index < -0.39 is 5.97 Å². The van der Waals surface area contributed by atoms with Crippen molar-refractivity contribution < 1.29 is 9.90 Å². The highest BCUT2D eigenvalue weighted by molar-refractivity contribution is 7.22. The average molecular weight is 351 g/mol. The molecular weight excluding hydrogens is 336 g/mol. The van der Waals surface area contributed by atoms with Gasteiger partial charge in [-0.15, -0.1) is 0 Å². The molecule has 1 N–H and O–H groups in total. The van der Waals surface area contributed by atoms with Gasteiger partial charge in [-0.2, -0.15) is 5.10 Å². The van der Waals surface area contributed by atoms with E-state index in [0.717, 1.165) is 26.6 Å². The van der Waals surface area contributed by atoms with Gasteiger partial charge in [-0.05, 0) is 25.1 Å². The smallest absolute Gasteiger partial charge is 0.356 e. The maximum Gasteiger partial charge on any atom is 0.356 e. The SMILES string of the molecule is Cc1cc(C(=O)O)nn1Cc1cc(Cl)cc2sc(N(C)C)nc12. The first-order chi connectivity index (χ1) is 10.8. The van der Waals surface area contributed by atoms with Gasteiger partial charge in [-0.3, -0.25) is 4.68 Å². The lowest BCUT2D eigenvalue weighted by Crippen LogP contribution is -2.08. The molecule has 0 atom stereocenters. The van der Waals surface area contributed by atoms with Gasteiger partial charge < -0.3 is 10.0 Å². The van der Waals surface area contributed by atoms with Crippen molar-refractivity contribution in [2.75, 3.05) is 19.0 Å². The standard InChI is InChI=1S/C15H15ClN4O2S/c1-8-4-11(14(21)22)18-20(8)7-9-5-10(16)6-12-13(9)17-15(23-12)19(2)3/h4-6H,7H2,1-3H3,(H,21,22). The van der Waals surface area contributed by atoms with Crippen molar-refractivity contribution in [3.05, 3.63) is 40.2 Å². The molecule has 3 aromatic rings. The molecule has 8 heteroatoms. The molecule has 0 aliphatic rings. The van der Waals surface area contributed by atoms with Crippen LogP contribution in [0.2, 0.25) is 5.02 Å². The van der Waals surface area contributed by atoms with E-state index in [-0.39, 0.29) is 5.69 Å². The summed E-state index contributed by atoms with van der Waals surface area (Å²) in [4.78, 5) is 17.6. The Balaban J connectivity index is 2.07. The Morgan fingerprint density at radius 1 is 1.39 bits per heavy atom. The van der Waals surface area contributed by atoms with E-state index in [4.69, 9.17) is 16.7 Å². The average Bonchev–Trinajstić information content (AvgIpc) is 3.03. The van der Waals surface area contributed by atoms with E-state index in [0.29, 0.717) is 11.6 Å². The molecule has 120 valence electrons. The Hall–Kier alpha value is -2.12. The number of benzene rings is 1. The summed E-state index contributed by atoms with van der Waals surface area (Å²) in [6.45, 7) is 2.25. The predicted molar refractivity (Wildman–Crippen MR) is 92.0 cm³/mol. The van der Waals surface area contributed by atoms with Crippen LogP contribution >= 0.6 is 22.9 Å². The van der Waals surface area contributed by atoms with Crippen LogP contribution in [0.4, 0.5) is 5.13 Å². The lowest BCUT2D eigenvalue weighted by Gasteiger charge is -2.07. The summed E-state index contributed by atoms with van der Waals surface area (Å²) in [5.41, 5.74) is 2.60. The van der Waals surface area contributed by atoms with Crippen molar-refractivity contribution in [3.63, 3.8) is 0 Å². The van der Waals surface area contributed by atoms with E-state index in [1.807, 2.05) is 38.1 Å². The predicted octanol–water partition coefficient (Wildman–Crippen LogP) is 3.27. The molecule has 23 heavy (non-hydrogen) atoms. The van der Waals surface area contributed by atoms with Crippen molar-refractivity contribution in [3.8, 4) is 0 Å². The fourth-order valence-electron chi connectivity index (χ4n) is 2.30. The molecule has 0 radical (unpaired) electrons. The van der Waals surface area contributed by atoms with Crippen LogP contribution in [0.5, 0.6) is 0 Å². The highest BCUT2D eigenvalue weighted by Crippen LogP contribution is 2.32. The summed E-state index contributed by atoms with van der Waals surface area (Å²) in [6.07, 6.45) is 0. The lowest BCUT2D eigenvalue weighted by molar-refractivity contribution is 0.0689.